The summed E-state index contributed by atoms with van der Waals surface area (Å²) in [6, 6.07) is 6.89. The third kappa shape index (κ3) is 2.84. The van der Waals surface area contributed by atoms with Crippen molar-refractivity contribution in [3.63, 3.8) is 0 Å². The highest BCUT2D eigenvalue weighted by molar-refractivity contribution is 5.84. The zero-order valence-electron chi connectivity index (χ0n) is 12.0. The lowest BCUT2D eigenvalue weighted by atomic mass is 10.1. The number of benzene rings is 1. The monoisotopic (exact) mass is 276 g/mol. The highest BCUT2D eigenvalue weighted by atomic mass is 16.5. The number of aryl methyl sites for hydroxylation is 1. The van der Waals surface area contributed by atoms with Crippen LogP contribution in [0.2, 0.25) is 0 Å². The van der Waals surface area contributed by atoms with Gasteiger partial charge in [0.15, 0.2) is 0 Å². The maximum Gasteiger partial charge on any atom is 0.239 e. The third-order valence-corrected chi connectivity index (χ3v) is 3.32. The summed E-state index contributed by atoms with van der Waals surface area (Å²) in [6.45, 7) is 4.05. The predicted octanol–water partition coefficient (Wildman–Crippen LogP) is 1.89. The summed E-state index contributed by atoms with van der Waals surface area (Å²) in [4.78, 5) is 11.9. The van der Waals surface area contributed by atoms with Crippen molar-refractivity contribution in [3.8, 4) is 0 Å². The Morgan fingerprint density at radius 3 is 2.80 bits per heavy atom. The third-order valence-electron chi connectivity index (χ3n) is 3.32. The molecule has 20 heavy (non-hydrogen) atoms. The summed E-state index contributed by atoms with van der Waals surface area (Å²) < 4.78 is 10.7. The van der Waals surface area contributed by atoms with Crippen LogP contribution in [0, 0.1) is 6.92 Å². The molecule has 0 saturated heterocycles. The minimum atomic E-state index is -0.674. The van der Waals surface area contributed by atoms with E-state index in [1.54, 1.807) is 0 Å². The number of fused-ring (bicyclic) bond motifs is 1. The number of amides is 1. The van der Waals surface area contributed by atoms with Crippen LogP contribution >= 0.6 is 0 Å². The average molecular weight is 276 g/mol. The van der Waals surface area contributed by atoms with E-state index in [1.165, 1.54) is 7.11 Å². The Balaban J connectivity index is 2.17. The van der Waals surface area contributed by atoms with Gasteiger partial charge in [-0.2, -0.15) is 0 Å². The molecule has 108 valence electrons. The van der Waals surface area contributed by atoms with Crippen molar-refractivity contribution in [1.29, 1.82) is 0 Å². The average Bonchev–Trinajstić information content (AvgIpc) is 2.77. The summed E-state index contributed by atoms with van der Waals surface area (Å²) in [6.07, 6.45) is 0. The van der Waals surface area contributed by atoms with Crippen molar-refractivity contribution in [1.82, 2.24) is 5.32 Å². The van der Waals surface area contributed by atoms with Crippen LogP contribution in [0.15, 0.2) is 28.7 Å². The van der Waals surface area contributed by atoms with Gasteiger partial charge < -0.3 is 20.2 Å². The molecular weight excluding hydrogens is 256 g/mol. The van der Waals surface area contributed by atoms with E-state index in [-0.39, 0.29) is 18.6 Å². The standard InChI is InChI=1S/C15H20N2O3/c1-9-11-6-4-5-7-13(11)20-14(9)10(2)17-15(18)12(16)8-19-3/h4-7,10,12H,8,16H2,1-3H3,(H,17,18). The zero-order chi connectivity index (χ0) is 14.7. The number of hydrogen-bond donors (Lipinski definition) is 2. The number of rotatable bonds is 5. The number of hydrogen-bond acceptors (Lipinski definition) is 4. The molecule has 2 aromatic rings. The molecule has 0 aliphatic heterocycles. The first kappa shape index (κ1) is 14.6. The van der Waals surface area contributed by atoms with E-state index in [4.69, 9.17) is 14.9 Å². The fourth-order valence-corrected chi connectivity index (χ4v) is 2.25. The molecule has 0 aliphatic rings. The van der Waals surface area contributed by atoms with Crippen LogP contribution in [-0.4, -0.2) is 25.7 Å². The molecule has 2 rings (SSSR count). The molecule has 1 aromatic carbocycles. The Hall–Kier alpha value is -1.85. The molecule has 5 heteroatoms. The zero-order valence-corrected chi connectivity index (χ0v) is 12.0. The summed E-state index contributed by atoms with van der Waals surface area (Å²) >= 11 is 0. The summed E-state index contributed by atoms with van der Waals surface area (Å²) in [5, 5.41) is 3.90. The van der Waals surface area contributed by atoms with Crippen LogP contribution in [0.3, 0.4) is 0 Å². The number of ether oxygens (including phenoxy) is 1. The van der Waals surface area contributed by atoms with E-state index in [1.807, 2.05) is 38.1 Å². The van der Waals surface area contributed by atoms with E-state index in [2.05, 4.69) is 5.32 Å². The van der Waals surface area contributed by atoms with Crippen molar-refractivity contribution < 1.29 is 13.9 Å². The maximum atomic E-state index is 11.9. The second-order valence-corrected chi connectivity index (χ2v) is 4.88. The first-order valence-corrected chi connectivity index (χ1v) is 6.57. The molecule has 0 saturated carbocycles. The Labute approximate surface area is 118 Å². The molecule has 2 atom stereocenters. The van der Waals surface area contributed by atoms with Crippen molar-refractivity contribution in [2.75, 3.05) is 13.7 Å². The SMILES string of the molecule is COCC(N)C(=O)NC(C)c1oc2ccccc2c1C. The predicted molar refractivity (Wildman–Crippen MR) is 77.4 cm³/mol. The summed E-state index contributed by atoms with van der Waals surface area (Å²) in [5.74, 6) is 0.503. The fraction of sp³-hybridized carbons (Fsp3) is 0.400. The largest absolute Gasteiger partial charge is 0.459 e. The molecule has 3 N–H and O–H groups in total. The minimum absolute atomic E-state index is 0.192. The molecule has 0 fully saturated rings. The van der Waals surface area contributed by atoms with E-state index in [0.29, 0.717) is 0 Å². The lowest BCUT2D eigenvalue weighted by Crippen LogP contribution is -2.44. The molecule has 1 aromatic heterocycles. The van der Waals surface area contributed by atoms with Crippen molar-refractivity contribution in [3.05, 3.63) is 35.6 Å². The molecule has 1 amide bonds. The Kier molecular flexibility index (Phi) is 4.42. The van der Waals surface area contributed by atoms with Gasteiger partial charge in [0.1, 0.15) is 17.4 Å². The van der Waals surface area contributed by atoms with Gasteiger partial charge in [0.05, 0.1) is 12.6 Å². The molecule has 0 spiro atoms. The fourth-order valence-electron chi connectivity index (χ4n) is 2.25. The highest BCUT2D eigenvalue weighted by Crippen LogP contribution is 2.29. The van der Waals surface area contributed by atoms with Crippen LogP contribution in [0.5, 0.6) is 0 Å². The van der Waals surface area contributed by atoms with Crippen molar-refractivity contribution in [2.45, 2.75) is 25.9 Å². The second-order valence-electron chi connectivity index (χ2n) is 4.88. The topological polar surface area (TPSA) is 77.5 Å². The smallest absolute Gasteiger partial charge is 0.239 e. The van der Waals surface area contributed by atoms with Gasteiger partial charge in [-0.3, -0.25) is 4.79 Å². The molecule has 2 unspecified atom stereocenters. The molecular formula is C15H20N2O3. The van der Waals surface area contributed by atoms with Gasteiger partial charge in [-0.05, 0) is 19.9 Å². The van der Waals surface area contributed by atoms with Gasteiger partial charge in [0.2, 0.25) is 5.91 Å². The molecule has 1 heterocycles. The normalized spacial score (nSPS) is 14.2. The molecule has 5 nitrogen and oxygen atoms in total. The van der Waals surface area contributed by atoms with Crippen LogP contribution in [0.1, 0.15) is 24.3 Å². The number of nitrogens with one attached hydrogen (secondary N) is 1. The number of furan rings is 1. The molecule has 0 bridgehead atoms. The van der Waals surface area contributed by atoms with Crippen LogP contribution in [0.4, 0.5) is 0 Å². The van der Waals surface area contributed by atoms with Gasteiger partial charge in [0.25, 0.3) is 0 Å². The van der Waals surface area contributed by atoms with Crippen LogP contribution < -0.4 is 11.1 Å². The Morgan fingerprint density at radius 1 is 1.45 bits per heavy atom. The van der Waals surface area contributed by atoms with E-state index in [0.717, 1.165) is 22.3 Å². The lowest BCUT2D eigenvalue weighted by Gasteiger charge is -2.16. The van der Waals surface area contributed by atoms with Crippen LogP contribution in [-0.2, 0) is 9.53 Å². The molecule has 0 aliphatic carbocycles. The summed E-state index contributed by atoms with van der Waals surface area (Å²) in [5.41, 5.74) is 7.56. The quantitative estimate of drug-likeness (QED) is 0.874. The second kappa shape index (κ2) is 6.07. The first-order chi connectivity index (χ1) is 9.54. The number of para-hydroxylation sites is 1. The van der Waals surface area contributed by atoms with Gasteiger partial charge in [-0.1, -0.05) is 18.2 Å². The number of methoxy groups -OCH3 is 1. The van der Waals surface area contributed by atoms with Crippen molar-refractivity contribution >= 4 is 16.9 Å². The van der Waals surface area contributed by atoms with E-state index >= 15 is 0 Å². The highest BCUT2D eigenvalue weighted by Gasteiger charge is 2.21. The van der Waals surface area contributed by atoms with Gasteiger partial charge in [-0.15, -0.1) is 0 Å². The first-order valence-electron chi connectivity index (χ1n) is 6.57. The lowest BCUT2D eigenvalue weighted by molar-refractivity contribution is -0.124. The number of nitrogens with two attached hydrogens (primary N) is 1. The minimum Gasteiger partial charge on any atom is -0.459 e. The van der Waals surface area contributed by atoms with Gasteiger partial charge in [0, 0.05) is 18.1 Å². The van der Waals surface area contributed by atoms with E-state index in [9.17, 15) is 4.79 Å². The van der Waals surface area contributed by atoms with Crippen molar-refractivity contribution in [2.24, 2.45) is 5.73 Å². The van der Waals surface area contributed by atoms with E-state index < -0.39 is 6.04 Å². The number of carbonyl (C=O) groups is 1. The maximum absolute atomic E-state index is 11.9. The van der Waals surface area contributed by atoms with Crippen LogP contribution in [0.25, 0.3) is 11.0 Å². The number of carbonyl (C=O) groups excluding carboxylic acids is 1. The van der Waals surface area contributed by atoms with Gasteiger partial charge in [-0.25, -0.2) is 0 Å². The summed E-state index contributed by atoms with van der Waals surface area (Å²) in [7, 11) is 1.51. The Bertz CT molecular complexity index is 606. The van der Waals surface area contributed by atoms with Gasteiger partial charge >= 0.3 is 0 Å². The Morgan fingerprint density at radius 2 is 2.15 bits per heavy atom. The molecule has 0 radical (unpaired) electrons.